The van der Waals surface area contributed by atoms with Crippen LogP contribution in [0, 0.1) is 5.92 Å². The van der Waals surface area contributed by atoms with Gasteiger partial charge in [-0.25, -0.2) is 0 Å². The van der Waals surface area contributed by atoms with Crippen LogP contribution in [-0.2, 0) is 11.2 Å². The van der Waals surface area contributed by atoms with E-state index in [1.165, 1.54) is 5.56 Å². The Morgan fingerprint density at radius 1 is 1.31 bits per heavy atom. The van der Waals surface area contributed by atoms with E-state index in [0.717, 1.165) is 12.8 Å². The molecule has 0 saturated carbocycles. The third kappa shape index (κ3) is 2.29. The van der Waals surface area contributed by atoms with Crippen molar-refractivity contribution in [3.8, 4) is 0 Å². The second-order valence-corrected chi connectivity index (χ2v) is 3.58. The Hall–Kier alpha value is -0.860. The molecule has 1 aliphatic rings. The fraction of sp³-hybridized carbons (Fsp3) is 0.455. The molecule has 2 nitrogen and oxygen atoms in total. The molecule has 1 N–H and O–H groups in total. The van der Waals surface area contributed by atoms with Crippen molar-refractivity contribution in [2.75, 3.05) is 6.61 Å². The van der Waals surface area contributed by atoms with E-state index in [0.29, 0.717) is 12.5 Å². The summed E-state index contributed by atoms with van der Waals surface area (Å²) in [5.41, 5.74) is 1.32. The van der Waals surface area contributed by atoms with Gasteiger partial charge in [0.05, 0.1) is 6.61 Å². The number of ether oxygens (including phenoxy) is 1. The molecule has 0 bridgehead atoms. The molecular formula is C11H14O2. The summed E-state index contributed by atoms with van der Waals surface area (Å²) in [7, 11) is 0. The maximum atomic E-state index is 9.16. The molecule has 1 fully saturated rings. The summed E-state index contributed by atoms with van der Waals surface area (Å²) in [6.45, 7) is 0.691. The Bertz CT molecular complexity index is 258. The first-order chi connectivity index (χ1) is 6.34. The molecule has 0 aromatic heterocycles. The van der Waals surface area contributed by atoms with Crippen LogP contribution in [0.4, 0.5) is 0 Å². The molecule has 0 unspecified atom stereocenters. The summed E-state index contributed by atoms with van der Waals surface area (Å²) in [4.78, 5) is 0. The monoisotopic (exact) mass is 178 g/mol. The van der Waals surface area contributed by atoms with Crippen molar-refractivity contribution in [2.45, 2.75) is 19.1 Å². The lowest BCUT2D eigenvalue weighted by molar-refractivity contribution is -0.0591. The molecule has 13 heavy (non-hydrogen) atoms. The number of hydrogen-bond acceptors (Lipinski definition) is 2. The van der Waals surface area contributed by atoms with Crippen molar-refractivity contribution in [3.05, 3.63) is 35.9 Å². The maximum Gasteiger partial charge on any atom is 0.154 e. The topological polar surface area (TPSA) is 29.5 Å². The summed E-state index contributed by atoms with van der Waals surface area (Å²) in [6, 6.07) is 10.3. The molecule has 1 aromatic carbocycles. The lowest BCUT2D eigenvalue weighted by atomic mass is 9.99. The lowest BCUT2D eigenvalue weighted by Gasteiger charge is -2.06. The molecule has 2 rings (SSSR count). The minimum absolute atomic E-state index is 0.484. The van der Waals surface area contributed by atoms with Gasteiger partial charge in [0.1, 0.15) is 0 Å². The predicted molar refractivity (Wildman–Crippen MR) is 50.2 cm³/mol. The van der Waals surface area contributed by atoms with Crippen LogP contribution in [0.15, 0.2) is 30.3 Å². The lowest BCUT2D eigenvalue weighted by Crippen LogP contribution is -2.04. The fourth-order valence-electron chi connectivity index (χ4n) is 1.76. The van der Waals surface area contributed by atoms with E-state index >= 15 is 0 Å². The Labute approximate surface area is 78.2 Å². The molecule has 0 spiro atoms. The number of aliphatic hydroxyl groups excluding tert-OH is 1. The molecule has 2 heteroatoms. The number of aliphatic hydroxyl groups is 1. The van der Waals surface area contributed by atoms with Crippen molar-refractivity contribution >= 4 is 0 Å². The van der Waals surface area contributed by atoms with E-state index in [4.69, 9.17) is 9.84 Å². The van der Waals surface area contributed by atoms with Gasteiger partial charge in [-0.1, -0.05) is 30.3 Å². The Morgan fingerprint density at radius 3 is 2.69 bits per heavy atom. The van der Waals surface area contributed by atoms with Gasteiger partial charge in [0.2, 0.25) is 0 Å². The predicted octanol–water partition coefficient (Wildman–Crippen LogP) is 1.58. The van der Waals surface area contributed by atoms with Crippen molar-refractivity contribution in [1.82, 2.24) is 0 Å². The van der Waals surface area contributed by atoms with Gasteiger partial charge < -0.3 is 9.84 Å². The largest absolute Gasteiger partial charge is 0.368 e. The van der Waals surface area contributed by atoms with Crippen molar-refractivity contribution in [2.24, 2.45) is 5.92 Å². The van der Waals surface area contributed by atoms with Gasteiger partial charge in [-0.15, -0.1) is 0 Å². The Morgan fingerprint density at radius 2 is 2.08 bits per heavy atom. The highest BCUT2D eigenvalue weighted by atomic mass is 16.6. The molecular weight excluding hydrogens is 164 g/mol. The van der Waals surface area contributed by atoms with Crippen LogP contribution in [0.2, 0.25) is 0 Å². The number of rotatable bonds is 2. The zero-order chi connectivity index (χ0) is 9.10. The summed E-state index contributed by atoms with van der Waals surface area (Å²) in [6.07, 6.45) is 1.25. The van der Waals surface area contributed by atoms with Gasteiger partial charge in [-0.2, -0.15) is 0 Å². The van der Waals surface area contributed by atoms with Crippen LogP contribution < -0.4 is 0 Å². The van der Waals surface area contributed by atoms with Gasteiger partial charge in [-0.3, -0.25) is 0 Å². The van der Waals surface area contributed by atoms with E-state index in [2.05, 4.69) is 12.1 Å². The standard InChI is InChI=1S/C11H14O2/c12-11-7-10(8-13-11)6-9-4-2-1-3-5-9/h1-5,10-12H,6-8H2/t10-,11+/m1/s1. The van der Waals surface area contributed by atoms with Crippen LogP contribution in [0.1, 0.15) is 12.0 Å². The quantitative estimate of drug-likeness (QED) is 0.745. The van der Waals surface area contributed by atoms with Gasteiger partial charge in [0.15, 0.2) is 6.29 Å². The highest BCUT2D eigenvalue weighted by molar-refractivity contribution is 5.15. The highest BCUT2D eigenvalue weighted by Gasteiger charge is 2.23. The third-order valence-corrected chi connectivity index (χ3v) is 2.43. The first kappa shape index (κ1) is 8.73. The maximum absolute atomic E-state index is 9.16. The highest BCUT2D eigenvalue weighted by Crippen LogP contribution is 2.21. The summed E-state index contributed by atoms with van der Waals surface area (Å²) in [5, 5.41) is 9.16. The number of hydrogen-bond donors (Lipinski definition) is 1. The van der Waals surface area contributed by atoms with Gasteiger partial charge in [0, 0.05) is 6.42 Å². The van der Waals surface area contributed by atoms with E-state index < -0.39 is 6.29 Å². The van der Waals surface area contributed by atoms with Crippen LogP contribution >= 0.6 is 0 Å². The van der Waals surface area contributed by atoms with E-state index in [9.17, 15) is 0 Å². The van der Waals surface area contributed by atoms with Gasteiger partial charge >= 0.3 is 0 Å². The summed E-state index contributed by atoms with van der Waals surface area (Å²) in [5.74, 6) is 0.484. The van der Waals surface area contributed by atoms with E-state index in [1.807, 2.05) is 18.2 Å². The zero-order valence-corrected chi connectivity index (χ0v) is 7.52. The van der Waals surface area contributed by atoms with Crippen LogP contribution in [-0.4, -0.2) is 18.0 Å². The van der Waals surface area contributed by atoms with E-state index in [-0.39, 0.29) is 0 Å². The fourth-order valence-corrected chi connectivity index (χ4v) is 1.76. The SMILES string of the molecule is O[C@@H]1C[C@@H](Cc2ccccc2)CO1. The first-order valence-electron chi connectivity index (χ1n) is 4.68. The van der Waals surface area contributed by atoms with Gasteiger partial charge in [0.25, 0.3) is 0 Å². The average molecular weight is 178 g/mol. The minimum Gasteiger partial charge on any atom is -0.368 e. The molecule has 70 valence electrons. The Balaban J connectivity index is 1.92. The summed E-state index contributed by atoms with van der Waals surface area (Å²) >= 11 is 0. The van der Waals surface area contributed by atoms with Crippen LogP contribution in [0.5, 0.6) is 0 Å². The first-order valence-corrected chi connectivity index (χ1v) is 4.68. The Kier molecular flexibility index (Phi) is 2.62. The molecule has 2 atom stereocenters. The van der Waals surface area contributed by atoms with Crippen LogP contribution in [0.25, 0.3) is 0 Å². The molecule has 0 amide bonds. The molecule has 1 heterocycles. The normalized spacial score (nSPS) is 27.8. The van der Waals surface area contributed by atoms with Gasteiger partial charge in [-0.05, 0) is 17.9 Å². The molecule has 1 aromatic rings. The molecule has 0 aliphatic carbocycles. The zero-order valence-electron chi connectivity index (χ0n) is 7.52. The second-order valence-electron chi connectivity index (χ2n) is 3.58. The van der Waals surface area contributed by atoms with Crippen molar-refractivity contribution in [3.63, 3.8) is 0 Å². The number of benzene rings is 1. The summed E-state index contributed by atoms with van der Waals surface area (Å²) < 4.78 is 5.09. The van der Waals surface area contributed by atoms with E-state index in [1.54, 1.807) is 0 Å². The molecule has 0 radical (unpaired) electrons. The average Bonchev–Trinajstić information content (AvgIpc) is 2.53. The second kappa shape index (κ2) is 3.90. The third-order valence-electron chi connectivity index (χ3n) is 2.43. The smallest absolute Gasteiger partial charge is 0.154 e. The van der Waals surface area contributed by atoms with Crippen molar-refractivity contribution < 1.29 is 9.84 Å². The molecule has 1 aliphatic heterocycles. The molecule has 1 saturated heterocycles. The minimum atomic E-state index is -0.534. The van der Waals surface area contributed by atoms with Crippen LogP contribution in [0.3, 0.4) is 0 Å². The van der Waals surface area contributed by atoms with Crippen molar-refractivity contribution in [1.29, 1.82) is 0 Å².